The van der Waals surface area contributed by atoms with E-state index in [9.17, 15) is 9.59 Å². The average molecular weight is 360 g/mol. The second-order valence-corrected chi connectivity index (χ2v) is 7.31. The van der Waals surface area contributed by atoms with Gasteiger partial charge < -0.3 is 19.4 Å². The molecule has 3 rings (SSSR count). The quantitative estimate of drug-likeness (QED) is 0.907. The van der Waals surface area contributed by atoms with Crippen LogP contribution in [0, 0.1) is 0 Å². The zero-order chi connectivity index (χ0) is 18.9. The van der Waals surface area contributed by atoms with Gasteiger partial charge >= 0.3 is 6.09 Å². The number of furan rings is 1. The van der Waals surface area contributed by atoms with Gasteiger partial charge in [-0.25, -0.2) is 4.79 Å². The van der Waals surface area contributed by atoms with E-state index < -0.39 is 5.60 Å². The molecule has 0 unspecified atom stereocenters. The molecule has 0 saturated heterocycles. The number of amides is 2. The van der Waals surface area contributed by atoms with E-state index in [4.69, 9.17) is 9.15 Å². The van der Waals surface area contributed by atoms with Crippen molar-refractivity contribution in [3.8, 4) is 0 Å². The minimum atomic E-state index is -0.560. The Morgan fingerprint density at radius 3 is 2.81 bits per heavy atom. The van der Waals surface area contributed by atoms with Crippen LogP contribution in [0.5, 0.6) is 0 Å². The molecule has 0 saturated carbocycles. The van der Waals surface area contributed by atoms with E-state index in [1.807, 2.05) is 20.8 Å². The minimum absolute atomic E-state index is 0.247. The Morgan fingerprint density at radius 1 is 1.38 bits per heavy atom. The maximum Gasteiger partial charge on any atom is 0.410 e. The predicted molar refractivity (Wildman–Crippen MR) is 93.4 cm³/mol. The van der Waals surface area contributed by atoms with E-state index in [2.05, 4.69) is 10.4 Å². The molecule has 0 aliphatic carbocycles. The fourth-order valence-corrected chi connectivity index (χ4v) is 2.93. The first kappa shape index (κ1) is 18.0. The van der Waals surface area contributed by atoms with Crippen molar-refractivity contribution in [3.05, 3.63) is 41.1 Å². The van der Waals surface area contributed by atoms with Gasteiger partial charge in [-0.15, -0.1) is 0 Å². The summed E-state index contributed by atoms with van der Waals surface area (Å²) in [6.45, 7) is 6.61. The number of nitrogens with one attached hydrogen (secondary N) is 1. The van der Waals surface area contributed by atoms with Gasteiger partial charge in [-0.2, -0.15) is 5.10 Å². The summed E-state index contributed by atoms with van der Waals surface area (Å²) >= 11 is 0. The van der Waals surface area contributed by atoms with Gasteiger partial charge in [-0.05, 0) is 32.9 Å². The molecule has 0 aromatic carbocycles. The van der Waals surface area contributed by atoms with Crippen LogP contribution in [0.2, 0.25) is 0 Å². The molecule has 2 aromatic heterocycles. The third-order valence-electron chi connectivity index (χ3n) is 4.07. The summed E-state index contributed by atoms with van der Waals surface area (Å²) in [6.07, 6.45) is 1.77. The lowest BCUT2D eigenvalue weighted by atomic mass is 10.1. The molecule has 3 heterocycles. The van der Waals surface area contributed by atoms with E-state index in [1.54, 1.807) is 35.0 Å². The van der Waals surface area contributed by atoms with E-state index in [0.29, 0.717) is 37.5 Å². The van der Waals surface area contributed by atoms with Gasteiger partial charge in [0.25, 0.3) is 5.91 Å². The molecule has 0 fully saturated rings. The lowest BCUT2D eigenvalue weighted by molar-refractivity contribution is 0.0222. The van der Waals surface area contributed by atoms with Gasteiger partial charge in [-0.1, -0.05) is 0 Å². The third-order valence-corrected chi connectivity index (χ3v) is 4.07. The van der Waals surface area contributed by atoms with Crippen LogP contribution in [0.25, 0.3) is 0 Å². The van der Waals surface area contributed by atoms with Crippen molar-refractivity contribution in [1.82, 2.24) is 20.0 Å². The molecule has 2 amide bonds. The number of ether oxygens (including phenoxy) is 1. The van der Waals surface area contributed by atoms with Crippen molar-refractivity contribution in [1.29, 1.82) is 0 Å². The molecule has 0 atom stereocenters. The molecule has 8 nitrogen and oxygen atoms in total. The molecule has 26 heavy (non-hydrogen) atoms. The molecule has 0 radical (unpaired) electrons. The third kappa shape index (κ3) is 3.89. The molecule has 1 aliphatic heterocycles. The maximum absolute atomic E-state index is 12.7. The average Bonchev–Trinajstić information content (AvgIpc) is 3.16. The lowest BCUT2D eigenvalue weighted by Gasteiger charge is -2.29. The summed E-state index contributed by atoms with van der Waals surface area (Å²) < 4.78 is 12.2. The van der Waals surface area contributed by atoms with Crippen LogP contribution < -0.4 is 5.32 Å². The van der Waals surface area contributed by atoms with Gasteiger partial charge in [0.15, 0.2) is 0 Å². The molecular formula is C18H24N4O4. The second kappa shape index (κ2) is 6.86. The molecule has 1 aliphatic rings. The van der Waals surface area contributed by atoms with Crippen molar-refractivity contribution in [3.63, 3.8) is 0 Å². The molecule has 140 valence electrons. The minimum Gasteiger partial charge on any atom is -0.467 e. The van der Waals surface area contributed by atoms with Crippen LogP contribution in [0.15, 0.2) is 22.8 Å². The monoisotopic (exact) mass is 360 g/mol. The van der Waals surface area contributed by atoms with Crippen LogP contribution in [-0.2, 0) is 31.3 Å². The van der Waals surface area contributed by atoms with E-state index in [-0.39, 0.29) is 12.0 Å². The summed E-state index contributed by atoms with van der Waals surface area (Å²) in [6, 6.07) is 3.56. The molecular weight excluding hydrogens is 336 g/mol. The van der Waals surface area contributed by atoms with E-state index in [1.165, 1.54) is 0 Å². The Kier molecular flexibility index (Phi) is 4.76. The SMILES string of the molecule is Cn1nc2c(c1C(=O)NCc1ccco1)CN(C(=O)OC(C)(C)C)CC2. The molecule has 0 spiro atoms. The summed E-state index contributed by atoms with van der Waals surface area (Å²) in [5.74, 6) is 0.424. The van der Waals surface area contributed by atoms with Crippen molar-refractivity contribution < 1.29 is 18.7 Å². The van der Waals surface area contributed by atoms with Gasteiger partial charge in [0.05, 0.1) is 25.0 Å². The number of aromatic nitrogens is 2. The first-order chi connectivity index (χ1) is 12.2. The second-order valence-electron chi connectivity index (χ2n) is 7.31. The van der Waals surface area contributed by atoms with Gasteiger partial charge in [0.1, 0.15) is 17.1 Å². The zero-order valence-electron chi connectivity index (χ0n) is 15.5. The number of hydrogen-bond acceptors (Lipinski definition) is 5. The van der Waals surface area contributed by atoms with Crippen molar-refractivity contribution in [2.24, 2.45) is 7.05 Å². The summed E-state index contributed by atoms with van der Waals surface area (Å²) in [5, 5.41) is 7.27. The predicted octanol–water partition coefficient (Wildman–Crippen LogP) is 2.24. The van der Waals surface area contributed by atoms with Gasteiger partial charge in [0.2, 0.25) is 0 Å². The van der Waals surface area contributed by atoms with Crippen molar-refractivity contribution >= 4 is 12.0 Å². The van der Waals surface area contributed by atoms with Crippen LogP contribution in [0.1, 0.15) is 48.3 Å². The van der Waals surface area contributed by atoms with Crippen molar-refractivity contribution in [2.75, 3.05) is 6.54 Å². The maximum atomic E-state index is 12.7. The molecule has 0 bridgehead atoms. The summed E-state index contributed by atoms with van der Waals surface area (Å²) in [4.78, 5) is 26.6. The number of aryl methyl sites for hydroxylation is 1. The Bertz CT molecular complexity index is 802. The summed E-state index contributed by atoms with van der Waals surface area (Å²) in [7, 11) is 1.73. The molecule has 1 N–H and O–H groups in total. The number of carbonyl (C=O) groups excluding carboxylic acids is 2. The van der Waals surface area contributed by atoms with Crippen LogP contribution in [-0.4, -0.2) is 38.8 Å². The van der Waals surface area contributed by atoms with Crippen LogP contribution >= 0.6 is 0 Å². The highest BCUT2D eigenvalue weighted by atomic mass is 16.6. The number of rotatable bonds is 3. The number of fused-ring (bicyclic) bond motifs is 1. The standard InChI is InChI=1S/C18H24N4O4/c1-18(2,3)26-17(24)22-8-7-14-13(11-22)15(21(4)20-14)16(23)19-10-12-6-5-9-25-12/h5-6,9H,7-8,10-11H2,1-4H3,(H,19,23). The molecule has 8 heteroatoms. The zero-order valence-corrected chi connectivity index (χ0v) is 15.5. The van der Waals surface area contributed by atoms with Gasteiger partial charge in [0, 0.05) is 25.6 Å². The molecule has 2 aromatic rings. The number of carbonyl (C=O) groups is 2. The summed E-state index contributed by atoms with van der Waals surface area (Å²) in [5.41, 5.74) is 1.51. The first-order valence-corrected chi connectivity index (χ1v) is 8.58. The van der Waals surface area contributed by atoms with E-state index in [0.717, 1.165) is 11.3 Å². The largest absolute Gasteiger partial charge is 0.467 e. The normalized spacial score (nSPS) is 14.1. The smallest absolute Gasteiger partial charge is 0.410 e. The fourth-order valence-electron chi connectivity index (χ4n) is 2.93. The Hall–Kier alpha value is -2.77. The fraction of sp³-hybridized carbons (Fsp3) is 0.500. The highest BCUT2D eigenvalue weighted by Crippen LogP contribution is 2.23. The van der Waals surface area contributed by atoms with Gasteiger partial charge in [-0.3, -0.25) is 9.48 Å². The van der Waals surface area contributed by atoms with E-state index >= 15 is 0 Å². The van der Waals surface area contributed by atoms with Crippen molar-refractivity contribution in [2.45, 2.75) is 45.9 Å². The highest BCUT2D eigenvalue weighted by Gasteiger charge is 2.31. The Morgan fingerprint density at radius 2 is 2.15 bits per heavy atom. The number of hydrogen-bond donors (Lipinski definition) is 1. The Balaban J connectivity index is 1.75. The topological polar surface area (TPSA) is 89.6 Å². The first-order valence-electron chi connectivity index (χ1n) is 8.58. The van der Waals surface area contributed by atoms with Crippen LogP contribution in [0.3, 0.4) is 0 Å². The Labute approximate surface area is 152 Å². The number of nitrogens with zero attached hydrogens (tertiary/aromatic N) is 3. The highest BCUT2D eigenvalue weighted by molar-refractivity contribution is 5.94. The van der Waals surface area contributed by atoms with Crippen LogP contribution in [0.4, 0.5) is 4.79 Å². The lowest BCUT2D eigenvalue weighted by Crippen LogP contribution is -2.40.